The highest BCUT2D eigenvalue weighted by molar-refractivity contribution is 7.99. The molecule has 3 N–H and O–H groups in total. The zero-order valence-electron chi connectivity index (χ0n) is 8.65. The summed E-state index contributed by atoms with van der Waals surface area (Å²) in [7, 11) is 0. The number of hydrazine groups is 1. The van der Waals surface area contributed by atoms with Gasteiger partial charge in [0.1, 0.15) is 5.82 Å². The van der Waals surface area contributed by atoms with Crippen molar-refractivity contribution in [1.82, 2.24) is 4.98 Å². The molecule has 2 rings (SSSR count). The minimum atomic E-state index is 0.726. The van der Waals surface area contributed by atoms with Gasteiger partial charge in [-0.25, -0.2) is 10.8 Å². The van der Waals surface area contributed by atoms with Gasteiger partial charge in [0.25, 0.3) is 0 Å². The van der Waals surface area contributed by atoms with Crippen LogP contribution in [0.1, 0.15) is 6.42 Å². The molecule has 0 aromatic carbocycles. The van der Waals surface area contributed by atoms with E-state index in [-0.39, 0.29) is 0 Å². The van der Waals surface area contributed by atoms with Gasteiger partial charge in [-0.1, -0.05) is 0 Å². The molecule has 1 fully saturated rings. The molecule has 0 unspecified atom stereocenters. The molecule has 1 saturated heterocycles. The third kappa shape index (κ3) is 2.76. The molecule has 1 aliphatic rings. The number of nitrogen functional groups attached to an aromatic ring is 1. The van der Waals surface area contributed by atoms with E-state index < -0.39 is 0 Å². The molecule has 0 radical (unpaired) electrons. The average molecular weight is 224 g/mol. The average Bonchev–Trinajstić information content (AvgIpc) is 2.58. The Hall–Kier alpha value is -0.940. The quantitative estimate of drug-likeness (QED) is 0.586. The molecular weight excluding hydrogens is 208 g/mol. The second kappa shape index (κ2) is 5.23. The van der Waals surface area contributed by atoms with Gasteiger partial charge in [0.2, 0.25) is 0 Å². The van der Waals surface area contributed by atoms with Crippen molar-refractivity contribution in [3.63, 3.8) is 0 Å². The number of hydrogen-bond acceptors (Lipinski definition) is 5. The lowest BCUT2D eigenvalue weighted by Gasteiger charge is -2.22. The first-order valence-corrected chi connectivity index (χ1v) is 6.31. The Labute approximate surface area is 94.2 Å². The second-order valence-corrected chi connectivity index (χ2v) is 4.72. The maximum Gasteiger partial charge on any atom is 0.141 e. The standard InChI is InChI=1S/C10H16N4S/c11-13-10-8-9(2-3-12-10)14-4-1-6-15-7-5-14/h2-3,8H,1,4-7,11H2,(H,12,13). The van der Waals surface area contributed by atoms with E-state index in [4.69, 9.17) is 5.84 Å². The summed E-state index contributed by atoms with van der Waals surface area (Å²) in [6.07, 6.45) is 3.04. The van der Waals surface area contributed by atoms with Crippen molar-refractivity contribution < 1.29 is 0 Å². The summed E-state index contributed by atoms with van der Waals surface area (Å²) in [5, 5.41) is 0. The predicted molar refractivity (Wildman–Crippen MR) is 66.2 cm³/mol. The predicted octanol–water partition coefficient (Wildman–Crippen LogP) is 1.31. The smallest absolute Gasteiger partial charge is 0.141 e. The van der Waals surface area contributed by atoms with E-state index in [0.29, 0.717) is 0 Å². The lowest BCUT2D eigenvalue weighted by Crippen LogP contribution is -2.25. The summed E-state index contributed by atoms with van der Waals surface area (Å²) >= 11 is 2.03. The SMILES string of the molecule is NNc1cc(N2CCCSCC2)ccn1. The minimum absolute atomic E-state index is 0.726. The van der Waals surface area contributed by atoms with E-state index in [0.717, 1.165) is 18.9 Å². The van der Waals surface area contributed by atoms with Crippen LogP contribution in [0.5, 0.6) is 0 Å². The van der Waals surface area contributed by atoms with Crippen LogP contribution in [0.15, 0.2) is 18.3 Å². The topological polar surface area (TPSA) is 54.2 Å². The summed E-state index contributed by atoms with van der Waals surface area (Å²) in [6.45, 7) is 2.24. The van der Waals surface area contributed by atoms with Crippen LogP contribution in [0.25, 0.3) is 0 Å². The molecule has 5 heteroatoms. The van der Waals surface area contributed by atoms with Crippen LogP contribution >= 0.6 is 11.8 Å². The summed E-state index contributed by atoms with van der Waals surface area (Å²) in [4.78, 5) is 6.50. The van der Waals surface area contributed by atoms with Gasteiger partial charge in [0.15, 0.2) is 0 Å². The number of aromatic nitrogens is 1. The monoisotopic (exact) mass is 224 g/mol. The molecule has 0 spiro atoms. The first-order valence-electron chi connectivity index (χ1n) is 5.15. The molecule has 0 bridgehead atoms. The van der Waals surface area contributed by atoms with E-state index in [1.807, 2.05) is 23.9 Å². The highest BCUT2D eigenvalue weighted by Gasteiger charge is 2.10. The fourth-order valence-corrected chi connectivity index (χ4v) is 2.59. The molecule has 0 aliphatic carbocycles. The highest BCUT2D eigenvalue weighted by Crippen LogP contribution is 2.20. The lowest BCUT2D eigenvalue weighted by atomic mass is 10.3. The van der Waals surface area contributed by atoms with Gasteiger partial charge in [-0.15, -0.1) is 0 Å². The third-order valence-electron chi connectivity index (χ3n) is 2.48. The molecule has 0 saturated carbocycles. The van der Waals surface area contributed by atoms with Crippen molar-refractivity contribution in [1.29, 1.82) is 0 Å². The number of nitrogens with one attached hydrogen (secondary N) is 1. The van der Waals surface area contributed by atoms with Gasteiger partial charge < -0.3 is 10.3 Å². The summed E-state index contributed by atoms with van der Waals surface area (Å²) in [5.41, 5.74) is 3.79. The Morgan fingerprint density at radius 1 is 1.40 bits per heavy atom. The zero-order chi connectivity index (χ0) is 10.5. The highest BCUT2D eigenvalue weighted by atomic mass is 32.2. The van der Waals surface area contributed by atoms with Crippen LogP contribution in [0, 0.1) is 0 Å². The molecule has 1 aliphatic heterocycles. The Morgan fingerprint density at radius 2 is 2.33 bits per heavy atom. The first kappa shape index (κ1) is 10.6. The van der Waals surface area contributed by atoms with Crippen molar-refractivity contribution in [3.8, 4) is 0 Å². The summed E-state index contributed by atoms with van der Waals surface area (Å²) in [6, 6.07) is 4.03. The van der Waals surface area contributed by atoms with Crippen LogP contribution in [0.2, 0.25) is 0 Å². The van der Waals surface area contributed by atoms with E-state index in [1.165, 1.54) is 23.6 Å². The maximum absolute atomic E-state index is 5.34. The van der Waals surface area contributed by atoms with Gasteiger partial charge in [0, 0.05) is 36.8 Å². The zero-order valence-corrected chi connectivity index (χ0v) is 9.46. The number of pyridine rings is 1. The van der Waals surface area contributed by atoms with E-state index in [1.54, 1.807) is 6.20 Å². The summed E-state index contributed by atoms with van der Waals surface area (Å²) in [5.74, 6) is 8.54. The Bertz CT molecular complexity index is 310. The van der Waals surface area contributed by atoms with Gasteiger partial charge in [-0.2, -0.15) is 11.8 Å². The first-order chi connectivity index (χ1) is 7.40. The molecular formula is C10H16N4S. The van der Waals surface area contributed by atoms with Crippen molar-refractivity contribution in [2.24, 2.45) is 5.84 Å². The van der Waals surface area contributed by atoms with E-state index >= 15 is 0 Å². The molecule has 0 amide bonds. The Morgan fingerprint density at radius 3 is 3.20 bits per heavy atom. The van der Waals surface area contributed by atoms with Gasteiger partial charge in [0.05, 0.1) is 0 Å². The fraction of sp³-hybridized carbons (Fsp3) is 0.500. The number of anilines is 2. The van der Waals surface area contributed by atoms with Gasteiger partial charge in [-0.3, -0.25) is 0 Å². The molecule has 15 heavy (non-hydrogen) atoms. The lowest BCUT2D eigenvalue weighted by molar-refractivity contribution is 0.815. The maximum atomic E-state index is 5.34. The van der Waals surface area contributed by atoms with Crippen molar-refractivity contribution in [2.45, 2.75) is 6.42 Å². The van der Waals surface area contributed by atoms with Crippen LogP contribution in [-0.4, -0.2) is 29.6 Å². The van der Waals surface area contributed by atoms with Gasteiger partial charge >= 0.3 is 0 Å². The van der Waals surface area contributed by atoms with Crippen molar-refractivity contribution >= 4 is 23.3 Å². The number of rotatable bonds is 2. The largest absolute Gasteiger partial charge is 0.371 e. The van der Waals surface area contributed by atoms with Crippen LogP contribution in [0.4, 0.5) is 11.5 Å². The van der Waals surface area contributed by atoms with Crippen LogP contribution in [0.3, 0.4) is 0 Å². The van der Waals surface area contributed by atoms with Gasteiger partial charge in [-0.05, 0) is 18.2 Å². The van der Waals surface area contributed by atoms with E-state index in [9.17, 15) is 0 Å². The Kier molecular flexibility index (Phi) is 3.69. The minimum Gasteiger partial charge on any atom is -0.371 e. The molecule has 1 aromatic heterocycles. The van der Waals surface area contributed by atoms with Crippen molar-refractivity contribution in [2.75, 3.05) is 34.9 Å². The number of hydrogen-bond donors (Lipinski definition) is 2. The number of thioether (sulfide) groups is 1. The molecule has 0 atom stereocenters. The number of nitrogens with zero attached hydrogens (tertiary/aromatic N) is 2. The third-order valence-corrected chi connectivity index (χ3v) is 3.53. The van der Waals surface area contributed by atoms with Crippen LogP contribution < -0.4 is 16.2 Å². The normalized spacial score (nSPS) is 17.3. The molecule has 4 nitrogen and oxygen atoms in total. The molecule has 82 valence electrons. The Balaban J connectivity index is 2.12. The number of nitrogens with two attached hydrogens (primary N) is 1. The van der Waals surface area contributed by atoms with Crippen LogP contribution in [-0.2, 0) is 0 Å². The van der Waals surface area contributed by atoms with Crippen molar-refractivity contribution in [3.05, 3.63) is 18.3 Å². The second-order valence-electron chi connectivity index (χ2n) is 3.50. The summed E-state index contributed by atoms with van der Waals surface area (Å²) < 4.78 is 0. The molecule has 2 heterocycles. The molecule has 1 aromatic rings. The fourth-order valence-electron chi connectivity index (χ4n) is 1.70. The van der Waals surface area contributed by atoms with E-state index in [2.05, 4.69) is 15.3 Å².